The SMILES string of the molecule is CCNC(=O)[C@@H](C)N(Cc1ccc(F)cc1)C(C)=O. The lowest BCUT2D eigenvalue weighted by Crippen LogP contribution is -2.46. The second-order valence-electron chi connectivity index (χ2n) is 4.34. The van der Waals surface area contributed by atoms with Crippen molar-refractivity contribution in [2.75, 3.05) is 6.54 Å². The van der Waals surface area contributed by atoms with Crippen LogP contribution in [-0.4, -0.2) is 29.3 Å². The van der Waals surface area contributed by atoms with Crippen molar-refractivity contribution >= 4 is 11.8 Å². The number of likely N-dealkylation sites (N-methyl/N-ethyl adjacent to an activating group) is 1. The van der Waals surface area contributed by atoms with Crippen molar-refractivity contribution in [3.8, 4) is 0 Å². The monoisotopic (exact) mass is 266 g/mol. The van der Waals surface area contributed by atoms with E-state index in [4.69, 9.17) is 0 Å². The summed E-state index contributed by atoms with van der Waals surface area (Å²) in [5.41, 5.74) is 0.785. The molecular weight excluding hydrogens is 247 g/mol. The molecule has 5 heteroatoms. The first kappa shape index (κ1) is 15.1. The first-order valence-electron chi connectivity index (χ1n) is 6.25. The number of hydrogen-bond donors (Lipinski definition) is 1. The van der Waals surface area contributed by atoms with E-state index < -0.39 is 6.04 Å². The summed E-state index contributed by atoms with van der Waals surface area (Å²) in [5, 5.41) is 2.68. The maximum Gasteiger partial charge on any atom is 0.242 e. The van der Waals surface area contributed by atoms with Crippen molar-refractivity contribution in [2.24, 2.45) is 0 Å². The normalized spacial score (nSPS) is 11.8. The van der Waals surface area contributed by atoms with Crippen LogP contribution in [-0.2, 0) is 16.1 Å². The first-order chi connectivity index (χ1) is 8.95. The summed E-state index contributed by atoms with van der Waals surface area (Å²) in [7, 11) is 0. The molecule has 0 aliphatic carbocycles. The number of rotatable bonds is 5. The summed E-state index contributed by atoms with van der Waals surface area (Å²) in [5.74, 6) is -0.710. The van der Waals surface area contributed by atoms with Gasteiger partial charge in [-0.05, 0) is 31.5 Å². The number of hydrogen-bond acceptors (Lipinski definition) is 2. The fourth-order valence-corrected chi connectivity index (χ4v) is 1.77. The quantitative estimate of drug-likeness (QED) is 0.882. The molecule has 0 unspecified atom stereocenters. The number of carbonyl (C=O) groups is 2. The third-order valence-corrected chi connectivity index (χ3v) is 2.87. The van der Waals surface area contributed by atoms with Gasteiger partial charge in [0.25, 0.3) is 0 Å². The smallest absolute Gasteiger partial charge is 0.242 e. The highest BCUT2D eigenvalue weighted by Crippen LogP contribution is 2.10. The predicted octanol–water partition coefficient (Wildman–Crippen LogP) is 1.70. The van der Waals surface area contributed by atoms with Crippen LogP contribution in [0.4, 0.5) is 4.39 Å². The largest absolute Gasteiger partial charge is 0.355 e. The van der Waals surface area contributed by atoms with Crippen molar-refractivity contribution in [3.63, 3.8) is 0 Å². The van der Waals surface area contributed by atoms with Crippen molar-refractivity contribution in [1.29, 1.82) is 0 Å². The fourth-order valence-electron chi connectivity index (χ4n) is 1.77. The molecule has 0 bridgehead atoms. The predicted molar refractivity (Wildman–Crippen MR) is 70.8 cm³/mol. The van der Waals surface area contributed by atoms with Crippen LogP contribution in [0.5, 0.6) is 0 Å². The van der Waals surface area contributed by atoms with Crippen molar-refractivity contribution in [3.05, 3.63) is 35.6 Å². The molecule has 104 valence electrons. The molecule has 2 amide bonds. The van der Waals surface area contributed by atoms with E-state index in [1.807, 2.05) is 6.92 Å². The molecule has 0 heterocycles. The molecule has 1 aromatic carbocycles. The maximum atomic E-state index is 12.8. The van der Waals surface area contributed by atoms with Crippen molar-refractivity contribution in [2.45, 2.75) is 33.4 Å². The molecule has 0 aliphatic heterocycles. The number of nitrogens with zero attached hydrogens (tertiary/aromatic N) is 1. The van der Waals surface area contributed by atoms with Crippen molar-refractivity contribution in [1.82, 2.24) is 10.2 Å². The second kappa shape index (κ2) is 6.87. The van der Waals surface area contributed by atoms with E-state index in [2.05, 4.69) is 5.32 Å². The number of carbonyl (C=O) groups excluding carboxylic acids is 2. The minimum Gasteiger partial charge on any atom is -0.355 e. The van der Waals surface area contributed by atoms with Gasteiger partial charge in [-0.25, -0.2) is 4.39 Å². The molecule has 1 aromatic rings. The zero-order valence-corrected chi connectivity index (χ0v) is 11.4. The van der Waals surface area contributed by atoms with Gasteiger partial charge in [0, 0.05) is 20.0 Å². The van der Waals surface area contributed by atoms with E-state index in [0.29, 0.717) is 6.54 Å². The van der Waals surface area contributed by atoms with Crippen LogP contribution in [0.2, 0.25) is 0 Å². The number of benzene rings is 1. The molecule has 0 saturated carbocycles. The van der Waals surface area contributed by atoms with Gasteiger partial charge in [-0.3, -0.25) is 9.59 Å². The molecule has 4 nitrogen and oxygen atoms in total. The summed E-state index contributed by atoms with van der Waals surface area (Å²) in [6.45, 7) is 5.72. The molecule has 0 aliphatic rings. The molecule has 1 atom stereocenters. The minimum absolute atomic E-state index is 0.192. The van der Waals surface area contributed by atoms with Gasteiger partial charge in [-0.1, -0.05) is 12.1 Å². The van der Waals surface area contributed by atoms with Crippen LogP contribution >= 0.6 is 0 Å². The molecule has 0 aromatic heterocycles. The standard InChI is InChI=1S/C14H19FN2O2/c1-4-16-14(19)10(2)17(11(3)18)9-12-5-7-13(15)8-6-12/h5-8,10H,4,9H2,1-3H3,(H,16,19)/t10-/m1/s1. The molecule has 0 fully saturated rings. The second-order valence-corrected chi connectivity index (χ2v) is 4.34. The van der Waals surface area contributed by atoms with Gasteiger partial charge in [0.15, 0.2) is 0 Å². The van der Waals surface area contributed by atoms with Gasteiger partial charge < -0.3 is 10.2 Å². The van der Waals surface area contributed by atoms with Crippen LogP contribution in [0.25, 0.3) is 0 Å². The molecule has 1 rings (SSSR count). The van der Waals surface area contributed by atoms with Crippen LogP contribution < -0.4 is 5.32 Å². The Balaban J connectivity index is 2.80. The van der Waals surface area contributed by atoms with Gasteiger partial charge in [0.2, 0.25) is 11.8 Å². The van der Waals surface area contributed by atoms with E-state index in [9.17, 15) is 14.0 Å². The van der Waals surface area contributed by atoms with Gasteiger partial charge in [-0.15, -0.1) is 0 Å². The minimum atomic E-state index is -0.553. The van der Waals surface area contributed by atoms with E-state index in [1.165, 1.54) is 24.0 Å². The summed E-state index contributed by atoms with van der Waals surface area (Å²) in [4.78, 5) is 24.9. The number of halogens is 1. The van der Waals surface area contributed by atoms with E-state index >= 15 is 0 Å². The van der Waals surface area contributed by atoms with Gasteiger partial charge in [0.1, 0.15) is 11.9 Å². The zero-order valence-electron chi connectivity index (χ0n) is 11.4. The first-order valence-corrected chi connectivity index (χ1v) is 6.25. The lowest BCUT2D eigenvalue weighted by atomic mass is 10.1. The van der Waals surface area contributed by atoms with Crippen LogP contribution in [0, 0.1) is 5.82 Å². The average Bonchev–Trinajstić information content (AvgIpc) is 2.37. The Morgan fingerprint density at radius 3 is 2.37 bits per heavy atom. The highest BCUT2D eigenvalue weighted by molar-refractivity contribution is 5.86. The Morgan fingerprint density at radius 1 is 1.32 bits per heavy atom. The van der Waals surface area contributed by atoms with E-state index in [1.54, 1.807) is 19.1 Å². The third-order valence-electron chi connectivity index (χ3n) is 2.87. The Bertz CT molecular complexity index is 445. The lowest BCUT2D eigenvalue weighted by Gasteiger charge is -2.27. The van der Waals surface area contributed by atoms with E-state index in [0.717, 1.165) is 5.56 Å². The molecular formula is C14H19FN2O2. The fraction of sp³-hybridized carbons (Fsp3) is 0.429. The Labute approximate surface area is 112 Å². The summed E-state index contributed by atoms with van der Waals surface area (Å²) in [6.07, 6.45) is 0. The van der Waals surface area contributed by atoms with Gasteiger partial charge >= 0.3 is 0 Å². The summed E-state index contributed by atoms with van der Waals surface area (Å²) >= 11 is 0. The molecule has 0 spiro atoms. The Kier molecular flexibility index (Phi) is 5.48. The summed E-state index contributed by atoms with van der Waals surface area (Å²) < 4.78 is 12.8. The number of amides is 2. The van der Waals surface area contributed by atoms with Crippen LogP contribution in [0.15, 0.2) is 24.3 Å². The average molecular weight is 266 g/mol. The molecule has 19 heavy (non-hydrogen) atoms. The van der Waals surface area contributed by atoms with Gasteiger partial charge in [-0.2, -0.15) is 0 Å². The van der Waals surface area contributed by atoms with Crippen LogP contribution in [0.1, 0.15) is 26.3 Å². The topological polar surface area (TPSA) is 49.4 Å². The van der Waals surface area contributed by atoms with Crippen LogP contribution in [0.3, 0.4) is 0 Å². The summed E-state index contributed by atoms with van der Waals surface area (Å²) in [6, 6.07) is 5.34. The Hall–Kier alpha value is -1.91. The lowest BCUT2D eigenvalue weighted by molar-refractivity contribution is -0.138. The maximum absolute atomic E-state index is 12.8. The van der Waals surface area contributed by atoms with Crippen molar-refractivity contribution < 1.29 is 14.0 Å². The van der Waals surface area contributed by atoms with E-state index in [-0.39, 0.29) is 24.2 Å². The Morgan fingerprint density at radius 2 is 1.89 bits per heavy atom. The molecule has 1 N–H and O–H groups in total. The molecule has 0 radical (unpaired) electrons. The molecule has 0 saturated heterocycles. The highest BCUT2D eigenvalue weighted by Gasteiger charge is 2.23. The zero-order chi connectivity index (χ0) is 14.4. The highest BCUT2D eigenvalue weighted by atomic mass is 19.1. The van der Waals surface area contributed by atoms with Gasteiger partial charge in [0.05, 0.1) is 0 Å². The number of nitrogens with one attached hydrogen (secondary N) is 1. The third kappa shape index (κ3) is 4.35.